The lowest BCUT2D eigenvalue weighted by molar-refractivity contribution is -0.117. The number of anilines is 1. The summed E-state index contributed by atoms with van der Waals surface area (Å²) in [5.41, 5.74) is 0.836. The highest BCUT2D eigenvalue weighted by atomic mass is 32.2. The van der Waals surface area contributed by atoms with Gasteiger partial charge in [0, 0.05) is 12.1 Å². The monoisotopic (exact) mass is 498 g/mol. The Labute approximate surface area is 204 Å². The number of carbonyl (C=O) groups excluding carboxylic acids is 2. The summed E-state index contributed by atoms with van der Waals surface area (Å²) in [6.07, 6.45) is 0.0690. The summed E-state index contributed by atoms with van der Waals surface area (Å²) < 4.78 is 43.8. The molecule has 0 radical (unpaired) electrons. The second kappa shape index (κ2) is 11.5. The van der Waals surface area contributed by atoms with Gasteiger partial charge < -0.3 is 19.5 Å². The summed E-state index contributed by atoms with van der Waals surface area (Å²) in [5, 5.41) is 2.64. The van der Waals surface area contributed by atoms with Crippen LogP contribution < -0.4 is 19.5 Å². The van der Waals surface area contributed by atoms with Gasteiger partial charge >= 0.3 is 5.97 Å². The standard InChI is InChI=1S/C25H26N2O7S/c1-32-22-15-19(25(29)34-3)20(16-23(22)33-2)26-24(28)21(14-17-10-6-4-7-11-17)27-35(30,31)18-12-8-5-9-13-18/h4-13,15-16,21,27H,14H2,1-3H3,(H,26,28)/t21-/m1/s1. The van der Waals surface area contributed by atoms with E-state index in [9.17, 15) is 18.0 Å². The van der Waals surface area contributed by atoms with Crippen molar-refractivity contribution >= 4 is 27.6 Å². The molecule has 184 valence electrons. The largest absolute Gasteiger partial charge is 0.493 e. The number of benzene rings is 3. The Morgan fingerprint density at radius 2 is 1.43 bits per heavy atom. The van der Waals surface area contributed by atoms with Crippen LogP contribution in [0.25, 0.3) is 0 Å². The molecule has 0 aromatic heterocycles. The van der Waals surface area contributed by atoms with E-state index in [1.807, 2.05) is 6.07 Å². The van der Waals surface area contributed by atoms with E-state index in [0.29, 0.717) is 0 Å². The fourth-order valence-electron chi connectivity index (χ4n) is 3.37. The zero-order valence-corrected chi connectivity index (χ0v) is 20.3. The van der Waals surface area contributed by atoms with E-state index >= 15 is 0 Å². The molecule has 0 heterocycles. The van der Waals surface area contributed by atoms with E-state index in [2.05, 4.69) is 10.0 Å². The molecule has 0 aliphatic carbocycles. The van der Waals surface area contributed by atoms with Crippen LogP contribution in [0.15, 0.2) is 77.7 Å². The molecule has 9 nitrogen and oxygen atoms in total. The molecule has 35 heavy (non-hydrogen) atoms. The fraction of sp³-hybridized carbons (Fsp3) is 0.200. The molecule has 0 aliphatic rings. The predicted molar refractivity (Wildman–Crippen MR) is 130 cm³/mol. The molecule has 0 unspecified atom stereocenters. The second-order valence-corrected chi connectivity index (χ2v) is 9.12. The third-order valence-corrected chi connectivity index (χ3v) is 6.62. The van der Waals surface area contributed by atoms with Crippen LogP contribution in [-0.4, -0.2) is 47.7 Å². The molecule has 1 atom stereocenters. The minimum atomic E-state index is -4.02. The van der Waals surface area contributed by atoms with Gasteiger partial charge in [-0.15, -0.1) is 0 Å². The van der Waals surface area contributed by atoms with E-state index in [1.165, 1.54) is 45.6 Å². The van der Waals surface area contributed by atoms with E-state index in [-0.39, 0.29) is 34.1 Å². The maximum Gasteiger partial charge on any atom is 0.340 e. The Morgan fingerprint density at radius 3 is 2.00 bits per heavy atom. The van der Waals surface area contributed by atoms with Crippen molar-refractivity contribution in [2.75, 3.05) is 26.6 Å². The van der Waals surface area contributed by atoms with Crippen LogP contribution in [0.3, 0.4) is 0 Å². The normalized spacial score (nSPS) is 11.9. The van der Waals surface area contributed by atoms with Crippen molar-refractivity contribution in [1.82, 2.24) is 4.72 Å². The molecule has 2 N–H and O–H groups in total. The molecule has 0 saturated carbocycles. The third-order valence-electron chi connectivity index (χ3n) is 5.14. The lowest BCUT2D eigenvalue weighted by Crippen LogP contribution is -2.45. The van der Waals surface area contributed by atoms with Crippen molar-refractivity contribution < 1.29 is 32.2 Å². The average Bonchev–Trinajstić information content (AvgIpc) is 2.88. The van der Waals surface area contributed by atoms with Gasteiger partial charge in [-0.1, -0.05) is 48.5 Å². The number of rotatable bonds is 10. The van der Waals surface area contributed by atoms with Crippen LogP contribution in [-0.2, 0) is 26.0 Å². The zero-order valence-electron chi connectivity index (χ0n) is 19.5. The van der Waals surface area contributed by atoms with Crippen molar-refractivity contribution in [2.45, 2.75) is 17.4 Å². The Balaban J connectivity index is 1.98. The van der Waals surface area contributed by atoms with Crippen molar-refractivity contribution in [2.24, 2.45) is 0 Å². The minimum Gasteiger partial charge on any atom is -0.493 e. The topological polar surface area (TPSA) is 120 Å². The summed E-state index contributed by atoms with van der Waals surface area (Å²) in [6.45, 7) is 0. The highest BCUT2D eigenvalue weighted by molar-refractivity contribution is 7.89. The van der Waals surface area contributed by atoms with Crippen LogP contribution in [0.1, 0.15) is 15.9 Å². The second-order valence-electron chi connectivity index (χ2n) is 7.41. The first-order valence-electron chi connectivity index (χ1n) is 10.6. The maximum atomic E-state index is 13.4. The van der Waals surface area contributed by atoms with Gasteiger partial charge in [0.25, 0.3) is 0 Å². The number of esters is 1. The van der Waals surface area contributed by atoms with Crippen LogP contribution in [0.4, 0.5) is 5.69 Å². The van der Waals surface area contributed by atoms with Crippen molar-refractivity contribution in [3.05, 3.63) is 83.9 Å². The molecule has 0 fully saturated rings. The number of sulfonamides is 1. The van der Waals surface area contributed by atoms with Crippen molar-refractivity contribution in [3.8, 4) is 11.5 Å². The first-order valence-corrected chi connectivity index (χ1v) is 12.0. The Hall–Kier alpha value is -3.89. The summed E-state index contributed by atoms with van der Waals surface area (Å²) in [4.78, 5) is 25.8. The predicted octanol–water partition coefficient (Wildman–Crippen LogP) is 3.02. The minimum absolute atomic E-state index is 0.0166. The number of carbonyl (C=O) groups is 2. The summed E-state index contributed by atoms with van der Waals surface area (Å²) in [7, 11) is 0.00487. The quantitative estimate of drug-likeness (QED) is 0.412. The van der Waals surface area contributed by atoms with Gasteiger partial charge in [0.2, 0.25) is 15.9 Å². The molecule has 0 aliphatic heterocycles. The Bertz CT molecular complexity index is 1280. The number of methoxy groups -OCH3 is 3. The molecule has 1 amide bonds. The maximum absolute atomic E-state index is 13.4. The third kappa shape index (κ3) is 6.37. The number of ether oxygens (including phenoxy) is 3. The van der Waals surface area contributed by atoms with Gasteiger partial charge in [-0.05, 0) is 24.1 Å². The highest BCUT2D eigenvalue weighted by Crippen LogP contribution is 2.34. The average molecular weight is 499 g/mol. The van der Waals surface area contributed by atoms with Gasteiger partial charge in [-0.2, -0.15) is 4.72 Å². The molecular weight excluding hydrogens is 472 g/mol. The molecule has 0 spiro atoms. The van der Waals surface area contributed by atoms with Gasteiger partial charge in [0.1, 0.15) is 6.04 Å². The lowest BCUT2D eigenvalue weighted by Gasteiger charge is -2.20. The molecule has 0 bridgehead atoms. The smallest absolute Gasteiger partial charge is 0.340 e. The number of hydrogen-bond donors (Lipinski definition) is 2. The first kappa shape index (κ1) is 25.7. The molecular formula is C25H26N2O7S. The summed E-state index contributed by atoms with van der Waals surface area (Å²) in [6, 6.07) is 18.3. The summed E-state index contributed by atoms with van der Waals surface area (Å²) >= 11 is 0. The van der Waals surface area contributed by atoms with Crippen LogP contribution in [0, 0.1) is 0 Å². The molecule has 10 heteroatoms. The van der Waals surface area contributed by atoms with E-state index < -0.39 is 27.9 Å². The number of hydrogen-bond acceptors (Lipinski definition) is 7. The van der Waals surface area contributed by atoms with Crippen molar-refractivity contribution in [1.29, 1.82) is 0 Å². The van der Waals surface area contributed by atoms with E-state index in [1.54, 1.807) is 42.5 Å². The molecule has 0 saturated heterocycles. The van der Waals surface area contributed by atoms with Crippen LogP contribution in [0.2, 0.25) is 0 Å². The van der Waals surface area contributed by atoms with Gasteiger partial charge in [0.05, 0.1) is 37.5 Å². The summed E-state index contributed by atoms with van der Waals surface area (Å²) in [5.74, 6) is -0.868. The Morgan fingerprint density at radius 1 is 0.857 bits per heavy atom. The number of nitrogens with one attached hydrogen (secondary N) is 2. The van der Waals surface area contributed by atoms with E-state index in [4.69, 9.17) is 14.2 Å². The molecule has 3 aromatic carbocycles. The van der Waals surface area contributed by atoms with Crippen LogP contribution >= 0.6 is 0 Å². The fourth-order valence-corrected chi connectivity index (χ4v) is 4.59. The van der Waals surface area contributed by atoms with Gasteiger partial charge in [-0.3, -0.25) is 4.79 Å². The van der Waals surface area contributed by atoms with Crippen molar-refractivity contribution in [3.63, 3.8) is 0 Å². The van der Waals surface area contributed by atoms with E-state index in [0.717, 1.165) is 5.56 Å². The molecule has 3 rings (SSSR count). The zero-order chi connectivity index (χ0) is 25.4. The number of amides is 1. The molecule has 3 aromatic rings. The SMILES string of the molecule is COC(=O)c1cc(OC)c(OC)cc1NC(=O)[C@@H](Cc1ccccc1)NS(=O)(=O)c1ccccc1. The van der Waals surface area contributed by atoms with Gasteiger partial charge in [0.15, 0.2) is 11.5 Å². The Kier molecular flexibility index (Phi) is 8.45. The highest BCUT2D eigenvalue weighted by Gasteiger charge is 2.28. The van der Waals surface area contributed by atoms with Crippen LogP contribution in [0.5, 0.6) is 11.5 Å². The lowest BCUT2D eigenvalue weighted by atomic mass is 10.1. The van der Waals surface area contributed by atoms with Gasteiger partial charge in [-0.25, -0.2) is 13.2 Å². The first-order chi connectivity index (χ1) is 16.8.